The van der Waals surface area contributed by atoms with E-state index in [-0.39, 0.29) is 46.5 Å². The Kier molecular flexibility index (Phi) is 5.19. The third kappa shape index (κ3) is 3.89. The van der Waals surface area contributed by atoms with Crippen molar-refractivity contribution in [1.82, 2.24) is 0 Å². The molecule has 3 aromatic carbocycles. The summed E-state index contributed by atoms with van der Waals surface area (Å²) in [5.41, 5.74) is 1.14. The van der Waals surface area contributed by atoms with Crippen molar-refractivity contribution in [2.45, 2.75) is 18.4 Å². The minimum atomic E-state index is -1.16. The first-order valence-electron chi connectivity index (χ1n) is 8.49. The highest BCUT2D eigenvalue weighted by Crippen LogP contribution is 2.38. The maximum atomic E-state index is 10.9. The molecular weight excluding hydrogens is 364 g/mol. The topological polar surface area (TPSA) is 142 Å². The third-order valence-electron chi connectivity index (χ3n) is 4.60. The molecule has 2 atom stereocenters. The number of aliphatic hydroxyl groups is 1. The molecule has 28 heavy (non-hydrogen) atoms. The summed E-state index contributed by atoms with van der Waals surface area (Å²) in [4.78, 5) is 0. The van der Waals surface area contributed by atoms with Crippen LogP contribution < -0.4 is 0 Å². The highest BCUT2D eigenvalue weighted by molar-refractivity contribution is 5.50. The van der Waals surface area contributed by atoms with Gasteiger partial charge in [-0.3, -0.25) is 0 Å². The van der Waals surface area contributed by atoms with Gasteiger partial charge >= 0.3 is 0 Å². The second-order valence-corrected chi connectivity index (χ2v) is 6.55. The predicted molar refractivity (Wildman–Crippen MR) is 101 cm³/mol. The first kappa shape index (κ1) is 19.2. The van der Waals surface area contributed by atoms with Crippen LogP contribution in [0.1, 0.15) is 22.6 Å². The third-order valence-corrected chi connectivity index (χ3v) is 4.60. The first-order valence-corrected chi connectivity index (χ1v) is 8.49. The van der Waals surface area contributed by atoms with Crippen molar-refractivity contribution in [2.75, 3.05) is 0 Å². The number of benzene rings is 3. The summed E-state index contributed by atoms with van der Waals surface area (Å²) in [5, 5.41) is 69.4. The molecule has 0 fully saturated rings. The molecule has 0 aliphatic carbocycles. The van der Waals surface area contributed by atoms with Gasteiger partial charge in [0.2, 0.25) is 0 Å². The van der Waals surface area contributed by atoms with Crippen LogP contribution in [-0.4, -0.2) is 41.8 Å². The fraction of sp³-hybridized carbons (Fsp3) is 0.143. The molecular formula is C21H20O7. The van der Waals surface area contributed by atoms with E-state index in [0.717, 1.165) is 12.1 Å². The van der Waals surface area contributed by atoms with Crippen LogP contribution in [0.4, 0.5) is 0 Å². The Labute approximate surface area is 160 Å². The zero-order valence-corrected chi connectivity index (χ0v) is 14.7. The first-order chi connectivity index (χ1) is 13.3. The van der Waals surface area contributed by atoms with E-state index >= 15 is 0 Å². The van der Waals surface area contributed by atoms with E-state index in [1.54, 1.807) is 12.1 Å². The van der Waals surface area contributed by atoms with Gasteiger partial charge in [0.15, 0.2) is 11.5 Å². The number of rotatable bonds is 5. The molecule has 0 saturated carbocycles. The van der Waals surface area contributed by atoms with Crippen molar-refractivity contribution < 1.29 is 35.7 Å². The van der Waals surface area contributed by atoms with E-state index < -0.39 is 12.0 Å². The van der Waals surface area contributed by atoms with Gasteiger partial charge in [-0.15, -0.1) is 0 Å². The number of hydrogen-bond acceptors (Lipinski definition) is 7. The van der Waals surface area contributed by atoms with Gasteiger partial charge in [-0.05, 0) is 35.4 Å². The summed E-state index contributed by atoms with van der Waals surface area (Å²) in [7, 11) is 0. The summed E-state index contributed by atoms with van der Waals surface area (Å²) in [6.07, 6.45) is -1.32. The molecule has 146 valence electrons. The van der Waals surface area contributed by atoms with E-state index in [0.29, 0.717) is 11.1 Å². The molecule has 0 saturated heterocycles. The maximum Gasteiger partial charge on any atom is 0.157 e. The molecule has 0 unspecified atom stereocenters. The summed E-state index contributed by atoms with van der Waals surface area (Å²) < 4.78 is 0. The van der Waals surface area contributed by atoms with Crippen molar-refractivity contribution in [1.29, 1.82) is 0 Å². The number of phenols is 6. The van der Waals surface area contributed by atoms with Gasteiger partial charge in [-0.1, -0.05) is 18.2 Å². The molecule has 7 nitrogen and oxygen atoms in total. The van der Waals surface area contributed by atoms with Gasteiger partial charge in [-0.2, -0.15) is 0 Å². The smallest absolute Gasteiger partial charge is 0.157 e. The van der Waals surface area contributed by atoms with Crippen LogP contribution in [0.5, 0.6) is 34.5 Å². The number of hydrogen-bond donors (Lipinski definition) is 7. The molecule has 0 spiro atoms. The summed E-state index contributed by atoms with van der Waals surface area (Å²) in [5.74, 6) is -2.38. The average Bonchev–Trinajstić information content (AvgIpc) is 2.63. The fourth-order valence-corrected chi connectivity index (χ4v) is 3.22. The van der Waals surface area contributed by atoms with Crippen LogP contribution >= 0.6 is 0 Å². The monoisotopic (exact) mass is 384 g/mol. The van der Waals surface area contributed by atoms with Gasteiger partial charge in [-0.25, -0.2) is 0 Å². The summed E-state index contributed by atoms with van der Waals surface area (Å²) in [6.45, 7) is 0. The SMILES string of the molecule is Oc1ccc([C@H](c2ccc(O)c(O)c2)[C@@H](O)Cc2c(O)cc(O)cc2O)cc1. The molecule has 0 radical (unpaired) electrons. The Balaban J connectivity index is 2.03. The lowest BCUT2D eigenvalue weighted by molar-refractivity contribution is 0.154. The van der Waals surface area contributed by atoms with E-state index in [4.69, 9.17) is 0 Å². The van der Waals surface area contributed by atoms with Gasteiger partial charge in [0.25, 0.3) is 0 Å². The number of phenolic OH excluding ortho intramolecular Hbond substituents is 6. The van der Waals surface area contributed by atoms with E-state index in [9.17, 15) is 35.7 Å². The largest absolute Gasteiger partial charge is 0.508 e. The zero-order chi connectivity index (χ0) is 20.4. The van der Waals surface area contributed by atoms with Crippen molar-refractivity contribution in [3.63, 3.8) is 0 Å². The minimum absolute atomic E-state index is 0.0411. The molecule has 0 aliphatic heterocycles. The highest BCUT2D eigenvalue weighted by Gasteiger charge is 2.26. The zero-order valence-electron chi connectivity index (χ0n) is 14.7. The lowest BCUT2D eigenvalue weighted by Gasteiger charge is -2.25. The normalized spacial score (nSPS) is 13.2. The average molecular weight is 384 g/mol. The van der Waals surface area contributed by atoms with Crippen LogP contribution in [0, 0.1) is 0 Å². The minimum Gasteiger partial charge on any atom is -0.508 e. The second-order valence-electron chi connectivity index (χ2n) is 6.55. The highest BCUT2D eigenvalue weighted by atomic mass is 16.3. The maximum absolute atomic E-state index is 10.9. The van der Waals surface area contributed by atoms with Gasteiger partial charge in [0.05, 0.1) is 6.10 Å². The van der Waals surface area contributed by atoms with Crippen LogP contribution in [0.2, 0.25) is 0 Å². The molecule has 3 aromatic rings. The Morgan fingerprint density at radius 1 is 0.571 bits per heavy atom. The Hall–Kier alpha value is -3.58. The second kappa shape index (κ2) is 7.58. The molecule has 0 aliphatic rings. The van der Waals surface area contributed by atoms with Gasteiger partial charge in [0.1, 0.15) is 23.0 Å². The molecule has 3 rings (SSSR count). The van der Waals surface area contributed by atoms with Gasteiger partial charge < -0.3 is 35.7 Å². The summed E-state index contributed by atoms with van der Waals surface area (Å²) >= 11 is 0. The van der Waals surface area contributed by atoms with Crippen molar-refractivity contribution in [3.8, 4) is 34.5 Å². The Morgan fingerprint density at radius 3 is 1.71 bits per heavy atom. The number of aromatic hydroxyl groups is 6. The van der Waals surface area contributed by atoms with Crippen LogP contribution in [0.3, 0.4) is 0 Å². The van der Waals surface area contributed by atoms with E-state index in [1.165, 1.54) is 30.3 Å². The molecule has 0 amide bonds. The molecule has 7 heteroatoms. The van der Waals surface area contributed by atoms with Gasteiger partial charge in [0, 0.05) is 30.0 Å². The van der Waals surface area contributed by atoms with Crippen LogP contribution in [0.15, 0.2) is 54.6 Å². The molecule has 0 heterocycles. The molecule has 0 aromatic heterocycles. The Bertz CT molecular complexity index is 960. The lowest BCUT2D eigenvalue weighted by Crippen LogP contribution is -2.22. The predicted octanol–water partition coefficient (Wildman–Crippen LogP) is 2.66. The standard InChI is InChI=1S/C21H20O7/c22-13-4-1-11(2-5-13)21(12-3-6-16(24)19(27)7-12)20(28)10-15-17(25)8-14(23)9-18(15)26/h1-9,20-28H,10H2/t20-,21+/m0/s1. The van der Waals surface area contributed by atoms with Crippen molar-refractivity contribution >= 4 is 0 Å². The molecule has 0 bridgehead atoms. The van der Waals surface area contributed by atoms with Crippen LogP contribution in [0.25, 0.3) is 0 Å². The Morgan fingerprint density at radius 2 is 1.14 bits per heavy atom. The van der Waals surface area contributed by atoms with Crippen molar-refractivity contribution in [2.24, 2.45) is 0 Å². The fourth-order valence-electron chi connectivity index (χ4n) is 3.22. The quantitative estimate of drug-likeness (QED) is 0.335. The summed E-state index contributed by atoms with van der Waals surface area (Å²) in [6, 6.07) is 12.4. The number of aliphatic hydroxyl groups excluding tert-OH is 1. The van der Waals surface area contributed by atoms with E-state index in [1.807, 2.05) is 0 Å². The van der Waals surface area contributed by atoms with Crippen LogP contribution in [-0.2, 0) is 6.42 Å². The molecule has 7 N–H and O–H groups in total. The lowest BCUT2D eigenvalue weighted by atomic mass is 9.83. The van der Waals surface area contributed by atoms with E-state index in [2.05, 4.69) is 0 Å². The van der Waals surface area contributed by atoms with Crippen molar-refractivity contribution in [3.05, 3.63) is 71.3 Å².